The van der Waals surface area contributed by atoms with Crippen LogP contribution in [-0.4, -0.2) is 22.8 Å². The van der Waals surface area contributed by atoms with Crippen molar-refractivity contribution >= 4 is 23.3 Å². The number of amides is 1. The zero-order valence-electron chi connectivity index (χ0n) is 16.7. The predicted octanol–water partition coefficient (Wildman–Crippen LogP) is 5.02. The van der Waals surface area contributed by atoms with Gasteiger partial charge in [-0.15, -0.1) is 0 Å². The predicted molar refractivity (Wildman–Crippen MR) is 117 cm³/mol. The summed E-state index contributed by atoms with van der Waals surface area (Å²) in [5, 5.41) is 7.78. The molecular weight excluding hydrogens is 418 g/mol. The molecule has 0 aliphatic rings. The maximum Gasteiger partial charge on any atom is 0.292 e. The Morgan fingerprint density at radius 3 is 2.52 bits per heavy atom. The number of rotatable bonds is 8. The van der Waals surface area contributed by atoms with Crippen LogP contribution in [0.5, 0.6) is 11.5 Å². The van der Waals surface area contributed by atoms with E-state index in [0.717, 1.165) is 11.3 Å². The summed E-state index contributed by atoms with van der Waals surface area (Å²) in [6, 6.07) is 19.8. The van der Waals surface area contributed by atoms with Crippen molar-refractivity contribution in [3.63, 3.8) is 0 Å². The lowest BCUT2D eigenvalue weighted by Gasteiger charge is -2.05. The molecule has 0 atom stereocenters. The number of anilines is 1. The van der Waals surface area contributed by atoms with E-state index >= 15 is 0 Å². The molecule has 1 amide bonds. The highest BCUT2D eigenvalue weighted by Crippen LogP contribution is 2.19. The standard InChI is InChI=1S/C23H20ClN3O4/c1-29-18-6-8-19(9-7-18)30-15-20-10-11-21(31-20)23(28)25-22-12-13-27(26-22)14-16-2-4-17(24)5-3-16/h2-13H,14-15H2,1H3,(H,25,26,28). The fourth-order valence-electron chi connectivity index (χ4n) is 2.88. The summed E-state index contributed by atoms with van der Waals surface area (Å²) in [7, 11) is 1.61. The number of benzene rings is 2. The highest BCUT2D eigenvalue weighted by Gasteiger charge is 2.13. The molecule has 1 N–H and O–H groups in total. The van der Waals surface area contributed by atoms with Crippen LogP contribution in [0.4, 0.5) is 5.82 Å². The van der Waals surface area contributed by atoms with Crippen molar-refractivity contribution in [2.45, 2.75) is 13.2 Å². The van der Waals surface area contributed by atoms with E-state index in [0.29, 0.717) is 28.9 Å². The van der Waals surface area contributed by atoms with Crippen molar-refractivity contribution < 1.29 is 18.7 Å². The number of carbonyl (C=O) groups is 1. The molecule has 7 nitrogen and oxygen atoms in total. The van der Waals surface area contributed by atoms with Crippen LogP contribution in [0.2, 0.25) is 5.02 Å². The van der Waals surface area contributed by atoms with E-state index < -0.39 is 0 Å². The van der Waals surface area contributed by atoms with Crippen LogP contribution in [0, 0.1) is 0 Å². The lowest BCUT2D eigenvalue weighted by Crippen LogP contribution is -2.12. The molecule has 2 heterocycles. The Kier molecular flexibility index (Phi) is 6.24. The van der Waals surface area contributed by atoms with Crippen LogP contribution in [0.3, 0.4) is 0 Å². The Bertz CT molecular complexity index is 1150. The zero-order chi connectivity index (χ0) is 21.6. The first-order chi connectivity index (χ1) is 15.1. The number of carbonyl (C=O) groups excluding carboxylic acids is 1. The number of hydrogen-bond acceptors (Lipinski definition) is 5. The van der Waals surface area contributed by atoms with Gasteiger partial charge in [0.15, 0.2) is 11.6 Å². The average Bonchev–Trinajstić information content (AvgIpc) is 3.44. The summed E-state index contributed by atoms with van der Waals surface area (Å²) in [6.07, 6.45) is 1.79. The number of furan rings is 1. The Morgan fingerprint density at radius 1 is 1.03 bits per heavy atom. The van der Waals surface area contributed by atoms with E-state index in [-0.39, 0.29) is 18.3 Å². The van der Waals surface area contributed by atoms with Crippen LogP contribution in [0.1, 0.15) is 21.9 Å². The first kappa shape index (κ1) is 20.6. The number of nitrogens with zero attached hydrogens (tertiary/aromatic N) is 2. The number of aromatic nitrogens is 2. The van der Waals surface area contributed by atoms with Crippen LogP contribution >= 0.6 is 11.6 Å². The number of halogens is 1. The summed E-state index contributed by atoms with van der Waals surface area (Å²) in [5.41, 5.74) is 1.05. The third-order valence-corrected chi connectivity index (χ3v) is 4.72. The first-order valence-electron chi connectivity index (χ1n) is 9.54. The van der Waals surface area contributed by atoms with Crippen LogP contribution in [0.25, 0.3) is 0 Å². The number of hydrogen-bond donors (Lipinski definition) is 1. The highest BCUT2D eigenvalue weighted by atomic mass is 35.5. The molecule has 0 fully saturated rings. The molecule has 4 aromatic rings. The van der Waals surface area contributed by atoms with Crippen molar-refractivity contribution in [1.82, 2.24) is 9.78 Å². The van der Waals surface area contributed by atoms with Gasteiger partial charge in [-0.1, -0.05) is 23.7 Å². The minimum absolute atomic E-state index is 0.181. The number of nitrogens with one attached hydrogen (secondary N) is 1. The topological polar surface area (TPSA) is 78.5 Å². The molecule has 0 bridgehead atoms. The average molecular weight is 438 g/mol. The van der Waals surface area contributed by atoms with E-state index in [1.165, 1.54) is 0 Å². The second-order valence-corrected chi connectivity index (χ2v) is 7.15. The van der Waals surface area contributed by atoms with E-state index in [2.05, 4.69) is 10.4 Å². The molecule has 2 aromatic carbocycles. The minimum atomic E-state index is -0.382. The monoisotopic (exact) mass is 437 g/mol. The molecular formula is C23H20ClN3O4. The van der Waals surface area contributed by atoms with Gasteiger partial charge in [-0.3, -0.25) is 9.48 Å². The molecule has 0 saturated carbocycles. The summed E-state index contributed by atoms with van der Waals surface area (Å²) >= 11 is 5.91. The van der Waals surface area contributed by atoms with Gasteiger partial charge in [0.05, 0.1) is 13.7 Å². The lowest BCUT2D eigenvalue weighted by molar-refractivity contribution is 0.0992. The summed E-state index contributed by atoms with van der Waals surface area (Å²) < 4.78 is 18.1. The highest BCUT2D eigenvalue weighted by molar-refractivity contribution is 6.30. The van der Waals surface area contributed by atoms with Gasteiger partial charge in [0.25, 0.3) is 5.91 Å². The third-order valence-electron chi connectivity index (χ3n) is 4.47. The quantitative estimate of drug-likeness (QED) is 0.419. The molecule has 4 rings (SSSR count). The number of ether oxygens (including phenoxy) is 2. The van der Waals surface area contributed by atoms with E-state index in [4.69, 9.17) is 25.5 Å². The number of methoxy groups -OCH3 is 1. The smallest absolute Gasteiger partial charge is 0.292 e. The van der Waals surface area contributed by atoms with Crippen LogP contribution in [0.15, 0.2) is 77.3 Å². The van der Waals surface area contributed by atoms with Crippen LogP contribution < -0.4 is 14.8 Å². The Balaban J connectivity index is 1.31. The Labute approximate surface area is 184 Å². The van der Waals surface area contributed by atoms with Gasteiger partial charge in [0.2, 0.25) is 0 Å². The van der Waals surface area contributed by atoms with Crippen molar-refractivity contribution in [3.05, 3.63) is 95.0 Å². The fourth-order valence-corrected chi connectivity index (χ4v) is 3.00. The van der Waals surface area contributed by atoms with Gasteiger partial charge in [-0.05, 0) is 54.1 Å². The van der Waals surface area contributed by atoms with Crippen molar-refractivity contribution in [3.8, 4) is 11.5 Å². The summed E-state index contributed by atoms with van der Waals surface area (Å²) in [5.74, 6) is 2.20. The van der Waals surface area contributed by atoms with Crippen molar-refractivity contribution in [1.29, 1.82) is 0 Å². The van der Waals surface area contributed by atoms with Crippen molar-refractivity contribution in [2.75, 3.05) is 12.4 Å². The minimum Gasteiger partial charge on any atom is -0.497 e. The molecule has 0 aliphatic carbocycles. The van der Waals surface area contributed by atoms with Crippen LogP contribution in [-0.2, 0) is 13.2 Å². The van der Waals surface area contributed by atoms with E-state index in [9.17, 15) is 4.79 Å². The normalized spacial score (nSPS) is 10.6. The second kappa shape index (κ2) is 9.40. The second-order valence-electron chi connectivity index (χ2n) is 6.71. The van der Waals surface area contributed by atoms with E-state index in [1.807, 2.05) is 36.4 Å². The van der Waals surface area contributed by atoms with Gasteiger partial charge in [-0.25, -0.2) is 0 Å². The molecule has 0 unspecified atom stereocenters. The largest absolute Gasteiger partial charge is 0.497 e. The fraction of sp³-hybridized carbons (Fsp3) is 0.130. The molecule has 8 heteroatoms. The third kappa shape index (κ3) is 5.46. The molecule has 0 saturated heterocycles. The maximum absolute atomic E-state index is 12.5. The zero-order valence-corrected chi connectivity index (χ0v) is 17.5. The lowest BCUT2D eigenvalue weighted by atomic mass is 10.2. The SMILES string of the molecule is COc1ccc(OCc2ccc(C(=O)Nc3ccn(Cc4ccc(Cl)cc4)n3)o2)cc1. The van der Waals surface area contributed by atoms with Crippen molar-refractivity contribution in [2.24, 2.45) is 0 Å². The molecule has 158 valence electrons. The summed E-state index contributed by atoms with van der Waals surface area (Å²) in [4.78, 5) is 12.5. The molecule has 0 spiro atoms. The molecule has 0 radical (unpaired) electrons. The molecule has 31 heavy (non-hydrogen) atoms. The van der Waals surface area contributed by atoms with Gasteiger partial charge < -0.3 is 19.2 Å². The maximum atomic E-state index is 12.5. The molecule has 0 aliphatic heterocycles. The van der Waals surface area contributed by atoms with Gasteiger partial charge in [-0.2, -0.15) is 5.10 Å². The van der Waals surface area contributed by atoms with E-state index in [1.54, 1.807) is 48.3 Å². The first-order valence-corrected chi connectivity index (χ1v) is 9.92. The van der Waals surface area contributed by atoms with Gasteiger partial charge >= 0.3 is 0 Å². The Hall–Kier alpha value is -3.71. The van der Waals surface area contributed by atoms with Gasteiger partial charge in [0.1, 0.15) is 23.9 Å². The summed E-state index contributed by atoms with van der Waals surface area (Å²) in [6.45, 7) is 0.774. The Morgan fingerprint density at radius 2 is 1.77 bits per heavy atom. The molecule has 2 aromatic heterocycles. The van der Waals surface area contributed by atoms with Gasteiger partial charge in [0, 0.05) is 17.3 Å².